The molecule has 2 heterocycles. The van der Waals surface area contributed by atoms with Crippen LogP contribution in [0.2, 0.25) is 0 Å². The van der Waals surface area contributed by atoms with Crippen LogP contribution in [-0.2, 0) is 12.7 Å². The summed E-state index contributed by atoms with van der Waals surface area (Å²) in [6.07, 6.45) is 1.57. The van der Waals surface area contributed by atoms with Crippen LogP contribution in [0, 0.1) is 0 Å². The Morgan fingerprint density at radius 2 is 1.77 bits per heavy atom. The Kier molecular flexibility index (Phi) is 4.92. The summed E-state index contributed by atoms with van der Waals surface area (Å²) in [7, 11) is 0. The van der Waals surface area contributed by atoms with Gasteiger partial charge >= 0.3 is 6.18 Å². The molecule has 3 aromatic rings. The van der Waals surface area contributed by atoms with Gasteiger partial charge in [0.1, 0.15) is 12.1 Å². The summed E-state index contributed by atoms with van der Waals surface area (Å²) in [5, 5.41) is 3.04. The van der Waals surface area contributed by atoms with Crippen LogP contribution >= 0.6 is 0 Å². The number of hydrogen-bond acceptors (Lipinski definition) is 5. The summed E-state index contributed by atoms with van der Waals surface area (Å²) in [4.78, 5) is 24.3. The zero-order valence-electron chi connectivity index (χ0n) is 13.4. The van der Waals surface area contributed by atoms with Gasteiger partial charge in [-0.3, -0.25) is 4.79 Å². The van der Waals surface area contributed by atoms with Gasteiger partial charge in [0.25, 0.3) is 0 Å². The van der Waals surface area contributed by atoms with Crippen molar-refractivity contribution in [1.82, 2.24) is 15.0 Å². The number of nitrogens with one attached hydrogen (secondary N) is 1. The van der Waals surface area contributed by atoms with E-state index < -0.39 is 17.5 Å². The van der Waals surface area contributed by atoms with E-state index in [1.165, 1.54) is 30.7 Å². The largest absolute Gasteiger partial charge is 0.416 e. The standard InChI is InChI=1S/C18H13F3N4O/c19-18(20,21)15-3-1-2-13(6-15)17(26)14-4-5-16(25-10-14)24-9-12-7-22-11-23-8-12/h1-8,10-11H,9H2,(H,24,25). The van der Waals surface area contributed by atoms with Gasteiger partial charge in [-0.1, -0.05) is 12.1 Å². The van der Waals surface area contributed by atoms with Gasteiger partial charge in [0.15, 0.2) is 5.78 Å². The van der Waals surface area contributed by atoms with Gasteiger partial charge in [0, 0.05) is 41.8 Å². The molecule has 0 bridgehead atoms. The molecule has 0 spiro atoms. The molecular weight excluding hydrogens is 345 g/mol. The van der Waals surface area contributed by atoms with Gasteiger partial charge in [-0.25, -0.2) is 15.0 Å². The van der Waals surface area contributed by atoms with E-state index in [4.69, 9.17) is 0 Å². The van der Waals surface area contributed by atoms with Crippen molar-refractivity contribution in [2.24, 2.45) is 0 Å². The molecule has 0 saturated carbocycles. The fourth-order valence-electron chi connectivity index (χ4n) is 2.25. The van der Waals surface area contributed by atoms with Crippen LogP contribution in [0.4, 0.5) is 19.0 Å². The molecular formula is C18H13F3N4O. The van der Waals surface area contributed by atoms with Crippen LogP contribution in [-0.4, -0.2) is 20.7 Å². The summed E-state index contributed by atoms with van der Waals surface area (Å²) in [5.74, 6) is 0.000977. The maximum atomic E-state index is 12.8. The van der Waals surface area contributed by atoms with Crippen molar-refractivity contribution in [3.8, 4) is 0 Å². The number of carbonyl (C=O) groups is 1. The molecule has 0 aliphatic carbocycles. The van der Waals surface area contributed by atoms with E-state index in [9.17, 15) is 18.0 Å². The molecule has 2 aromatic heterocycles. The maximum absolute atomic E-state index is 12.8. The van der Waals surface area contributed by atoms with E-state index in [2.05, 4.69) is 20.3 Å². The molecule has 1 N–H and O–H groups in total. The lowest BCUT2D eigenvalue weighted by molar-refractivity contribution is -0.137. The van der Waals surface area contributed by atoms with Crippen LogP contribution in [0.1, 0.15) is 27.0 Å². The van der Waals surface area contributed by atoms with Crippen LogP contribution in [0.5, 0.6) is 0 Å². The predicted octanol–water partition coefficient (Wildman–Crippen LogP) is 3.73. The fourth-order valence-corrected chi connectivity index (χ4v) is 2.25. The number of nitrogens with zero attached hydrogens (tertiary/aromatic N) is 3. The van der Waals surface area contributed by atoms with Crippen LogP contribution in [0.15, 0.2) is 61.3 Å². The van der Waals surface area contributed by atoms with E-state index in [0.29, 0.717) is 12.4 Å². The number of hydrogen-bond donors (Lipinski definition) is 1. The van der Waals surface area contributed by atoms with Gasteiger partial charge in [-0.05, 0) is 24.3 Å². The lowest BCUT2D eigenvalue weighted by Crippen LogP contribution is -2.08. The zero-order valence-corrected chi connectivity index (χ0v) is 13.4. The van der Waals surface area contributed by atoms with E-state index in [1.54, 1.807) is 18.5 Å². The average molecular weight is 358 g/mol. The Morgan fingerprint density at radius 3 is 2.42 bits per heavy atom. The molecule has 3 rings (SSSR count). The Morgan fingerprint density at radius 1 is 1.00 bits per heavy atom. The highest BCUT2D eigenvalue weighted by Gasteiger charge is 2.30. The van der Waals surface area contributed by atoms with Crippen molar-refractivity contribution in [3.63, 3.8) is 0 Å². The van der Waals surface area contributed by atoms with Crippen LogP contribution in [0.3, 0.4) is 0 Å². The fraction of sp³-hybridized carbons (Fsp3) is 0.111. The van der Waals surface area contributed by atoms with Crippen LogP contribution in [0.25, 0.3) is 0 Å². The van der Waals surface area contributed by atoms with Gasteiger partial charge in [-0.2, -0.15) is 13.2 Å². The molecule has 0 radical (unpaired) electrons. The highest BCUT2D eigenvalue weighted by Crippen LogP contribution is 2.30. The molecule has 0 amide bonds. The third-order valence-corrected chi connectivity index (χ3v) is 3.57. The van der Waals surface area contributed by atoms with E-state index in [1.807, 2.05) is 0 Å². The second-order valence-corrected chi connectivity index (χ2v) is 5.44. The monoisotopic (exact) mass is 358 g/mol. The molecule has 0 aliphatic rings. The number of halogens is 3. The van der Waals surface area contributed by atoms with Gasteiger partial charge < -0.3 is 5.32 Å². The van der Waals surface area contributed by atoms with E-state index in [-0.39, 0.29) is 11.1 Å². The third kappa shape index (κ3) is 4.21. The van der Waals surface area contributed by atoms with Crippen molar-refractivity contribution >= 4 is 11.6 Å². The molecule has 0 fully saturated rings. The minimum absolute atomic E-state index is 0.0382. The minimum Gasteiger partial charge on any atom is -0.366 e. The number of pyridine rings is 1. The number of ketones is 1. The molecule has 26 heavy (non-hydrogen) atoms. The highest BCUT2D eigenvalue weighted by molar-refractivity contribution is 6.09. The second-order valence-electron chi connectivity index (χ2n) is 5.44. The number of rotatable bonds is 5. The highest BCUT2D eigenvalue weighted by atomic mass is 19.4. The first-order chi connectivity index (χ1) is 12.4. The van der Waals surface area contributed by atoms with Crippen LogP contribution < -0.4 is 5.32 Å². The topological polar surface area (TPSA) is 67.8 Å². The van der Waals surface area contributed by atoms with Crippen molar-refractivity contribution in [1.29, 1.82) is 0 Å². The normalized spacial score (nSPS) is 11.2. The van der Waals surface area contributed by atoms with Crippen molar-refractivity contribution in [2.75, 3.05) is 5.32 Å². The minimum atomic E-state index is -4.50. The van der Waals surface area contributed by atoms with Crippen molar-refractivity contribution in [2.45, 2.75) is 12.7 Å². The smallest absolute Gasteiger partial charge is 0.366 e. The number of alkyl halides is 3. The van der Waals surface area contributed by atoms with Gasteiger partial charge in [0.2, 0.25) is 0 Å². The number of anilines is 1. The second kappa shape index (κ2) is 7.30. The summed E-state index contributed by atoms with van der Waals surface area (Å²) in [5.41, 5.74) is 0.166. The Hall–Kier alpha value is -3.29. The molecule has 0 unspecified atom stereocenters. The summed E-state index contributed by atoms with van der Waals surface area (Å²) < 4.78 is 38.3. The number of benzene rings is 1. The van der Waals surface area contributed by atoms with E-state index in [0.717, 1.165) is 17.7 Å². The summed E-state index contributed by atoms with van der Waals surface area (Å²) >= 11 is 0. The maximum Gasteiger partial charge on any atom is 0.416 e. The lowest BCUT2D eigenvalue weighted by Gasteiger charge is -2.09. The lowest BCUT2D eigenvalue weighted by atomic mass is 10.0. The first-order valence-electron chi connectivity index (χ1n) is 7.59. The zero-order chi connectivity index (χ0) is 18.6. The Labute approximate surface area is 147 Å². The number of aromatic nitrogens is 3. The van der Waals surface area contributed by atoms with Gasteiger partial charge in [-0.15, -0.1) is 0 Å². The SMILES string of the molecule is O=C(c1ccc(NCc2cncnc2)nc1)c1cccc(C(F)(F)F)c1. The Bertz CT molecular complexity index is 896. The first kappa shape index (κ1) is 17.5. The summed E-state index contributed by atoms with van der Waals surface area (Å²) in [6.45, 7) is 0.453. The molecule has 8 heteroatoms. The third-order valence-electron chi connectivity index (χ3n) is 3.57. The predicted molar refractivity (Wildman–Crippen MR) is 88.5 cm³/mol. The van der Waals surface area contributed by atoms with Gasteiger partial charge in [0.05, 0.1) is 5.56 Å². The molecule has 0 aliphatic heterocycles. The van der Waals surface area contributed by atoms with Crippen molar-refractivity contribution < 1.29 is 18.0 Å². The molecule has 0 saturated heterocycles. The van der Waals surface area contributed by atoms with E-state index >= 15 is 0 Å². The number of carbonyl (C=O) groups excluding carboxylic acids is 1. The Balaban J connectivity index is 1.71. The quantitative estimate of drug-likeness (QED) is 0.704. The average Bonchev–Trinajstić information content (AvgIpc) is 2.66. The van der Waals surface area contributed by atoms with Crippen molar-refractivity contribution in [3.05, 3.63) is 83.6 Å². The molecule has 5 nitrogen and oxygen atoms in total. The molecule has 1 aromatic carbocycles. The summed E-state index contributed by atoms with van der Waals surface area (Å²) in [6, 6.07) is 7.42. The first-order valence-corrected chi connectivity index (χ1v) is 7.59. The molecule has 132 valence electrons. The molecule has 0 atom stereocenters.